The Kier molecular flexibility index (Phi) is 3.92. The zero-order valence-electron chi connectivity index (χ0n) is 13.3. The average molecular weight is 329 g/mol. The second-order valence-electron chi connectivity index (χ2n) is 5.57. The van der Waals surface area contributed by atoms with E-state index in [0.29, 0.717) is 29.1 Å². The summed E-state index contributed by atoms with van der Waals surface area (Å²) in [5.41, 5.74) is 2.96. The maximum atomic E-state index is 12.4. The number of carbonyl (C=O) groups excluding carboxylic acids is 1. The first-order chi connectivity index (χ1) is 12.3. The topological polar surface area (TPSA) is 72.7 Å². The lowest BCUT2D eigenvalue weighted by atomic mass is 10.2. The third-order valence-electron chi connectivity index (χ3n) is 3.87. The normalized spacial score (nSPS) is 10.7. The van der Waals surface area contributed by atoms with Crippen LogP contribution in [0.3, 0.4) is 0 Å². The standard InChI is InChI=1S/C19H15N5O/c25-19(15-9-5-2-6-10-15)23-18-16-17(20-12-21-18)22-13-24(16)11-14-7-3-1-4-8-14/h1-10,12-13H,11H2,(H,20,21,23,25). The molecular weight excluding hydrogens is 314 g/mol. The van der Waals surface area contributed by atoms with E-state index in [2.05, 4.69) is 20.3 Å². The first-order valence-electron chi connectivity index (χ1n) is 7.87. The van der Waals surface area contributed by atoms with E-state index in [0.717, 1.165) is 5.56 Å². The molecule has 2 aromatic carbocycles. The summed E-state index contributed by atoms with van der Waals surface area (Å²) in [5, 5.41) is 2.86. The Labute approximate surface area is 144 Å². The van der Waals surface area contributed by atoms with Crippen molar-refractivity contribution < 1.29 is 4.79 Å². The van der Waals surface area contributed by atoms with Crippen LogP contribution >= 0.6 is 0 Å². The fourth-order valence-corrected chi connectivity index (χ4v) is 2.67. The number of hydrogen-bond donors (Lipinski definition) is 1. The summed E-state index contributed by atoms with van der Waals surface area (Å²) in [7, 11) is 0. The van der Waals surface area contributed by atoms with Gasteiger partial charge in [-0.2, -0.15) is 0 Å². The Bertz CT molecular complexity index is 1010. The number of nitrogens with zero attached hydrogens (tertiary/aromatic N) is 4. The zero-order valence-corrected chi connectivity index (χ0v) is 13.3. The van der Waals surface area contributed by atoms with Crippen molar-refractivity contribution in [1.82, 2.24) is 19.5 Å². The fourth-order valence-electron chi connectivity index (χ4n) is 2.67. The van der Waals surface area contributed by atoms with Gasteiger partial charge in [0.25, 0.3) is 5.91 Å². The molecule has 0 saturated carbocycles. The molecule has 0 aliphatic rings. The smallest absolute Gasteiger partial charge is 0.256 e. The van der Waals surface area contributed by atoms with Crippen LogP contribution in [0.15, 0.2) is 73.3 Å². The van der Waals surface area contributed by atoms with Crippen molar-refractivity contribution in [2.24, 2.45) is 0 Å². The van der Waals surface area contributed by atoms with Gasteiger partial charge in [0.05, 0.1) is 6.33 Å². The van der Waals surface area contributed by atoms with Gasteiger partial charge < -0.3 is 9.88 Å². The highest BCUT2D eigenvalue weighted by Gasteiger charge is 2.14. The summed E-state index contributed by atoms with van der Waals surface area (Å²) >= 11 is 0. The van der Waals surface area contributed by atoms with Gasteiger partial charge in [0, 0.05) is 12.1 Å². The number of aromatic nitrogens is 4. The molecule has 0 atom stereocenters. The van der Waals surface area contributed by atoms with Gasteiger partial charge in [-0.25, -0.2) is 15.0 Å². The van der Waals surface area contributed by atoms with Gasteiger partial charge >= 0.3 is 0 Å². The highest BCUT2D eigenvalue weighted by molar-refractivity contribution is 6.06. The van der Waals surface area contributed by atoms with Crippen LogP contribution in [0.1, 0.15) is 15.9 Å². The zero-order chi connectivity index (χ0) is 17.1. The number of hydrogen-bond acceptors (Lipinski definition) is 4. The van der Waals surface area contributed by atoms with Gasteiger partial charge in [0.15, 0.2) is 11.5 Å². The molecule has 0 radical (unpaired) electrons. The quantitative estimate of drug-likeness (QED) is 0.624. The molecule has 1 N–H and O–H groups in total. The van der Waals surface area contributed by atoms with Crippen LogP contribution in [0.5, 0.6) is 0 Å². The molecule has 25 heavy (non-hydrogen) atoms. The second-order valence-corrected chi connectivity index (χ2v) is 5.57. The summed E-state index contributed by atoms with van der Waals surface area (Å²) < 4.78 is 1.94. The van der Waals surface area contributed by atoms with E-state index < -0.39 is 0 Å². The predicted octanol–water partition coefficient (Wildman–Crippen LogP) is 3.13. The Morgan fingerprint density at radius 2 is 1.64 bits per heavy atom. The molecule has 0 bridgehead atoms. The number of anilines is 1. The molecule has 2 aromatic heterocycles. The number of nitrogens with one attached hydrogen (secondary N) is 1. The molecule has 0 aliphatic heterocycles. The van der Waals surface area contributed by atoms with Crippen molar-refractivity contribution in [2.75, 3.05) is 5.32 Å². The predicted molar refractivity (Wildman–Crippen MR) is 95.3 cm³/mol. The van der Waals surface area contributed by atoms with Crippen molar-refractivity contribution in [3.05, 3.63) is 84.4 Å². The van der Waals surface area contributed by atoms with Gasteiger partial charge in [0.2, 0.25) is 0 Å². The number of imidazole rings is 1. The molecule has 0 saturated heterocycles. The molecule has 122 valence electrons. The Balaban J connectivity index is 1.69. The van der Waals surface area contributed by atoms with E-state index >= 15 is 0 Å². The molecule has 0 aliphatic carbocycles. The molecule has 6 heteroatoms. The third-order valence-corrected chi connectivity index (χ3v) is 3.87. The number of amides is 1. The molecule has 0 fully saturated rings. The number of carbonyl (C=O) groups is 1. The van der Waals surface area contributed by atoms with Gasteiger partial charge in [-0.05, 0) is 17.7 Å². The van der Waals surface area contributed by atoms with Gasteiger partial charge in [-0.1, -0.05) is 48.5 Å². The Morgan fingerprint density at radius 3 is 2.40 bits per heavy atom. The number of benzene rings is 2. The fraction of sp³-hybridized carbons (Fsp3) is 0.0526. The number of rotatable bonds is 4. The van der Waals surface area contributed by atoms with E-state index in [9.17, 15) is 4.79 Å². The van der Waals surface area contributed by atoms with Crippen LogP contribution in [0.2, 0.25) is 0 Å². The minimum Gasteiger partial charge on any atom is -0.322 e. The molecule has 0 unspecified atom stereocenters. The molecule has 2 heterocycles. The van der Waals surface area contributed by atoms with Crippen LogP contribution in [-0.4, -0.2) is 25.4 Å². The van der Waals surface area contributed by atoms with Crippen LogP contribution in [0.4, 0.5) is 5.82 Å². The van der Waals surface area contributed by atoms with E-state index in [1.165, 1.54) is 6.33 Å². The van der Waals surface area contributed by atoms with E-state index in [1.807, 2.05) is 53.1 Å². The molecule has 4 aromatic rings. The lowest BCUT2D eigenvalue weighted by Gasteiger charge is -2.09. The molecular formula is C19H15N5O. The van der Waals surface area contributed by atoms with Crippen molar-refractivity contribution >= 4 is 22.9 Å². The molecule has 6 nitrogen and oxygen atoms in total. The lowest BCUT2D eigenvalue weighted by Crippen LogP contribution is -2.14. The van der Waals surface area contributed by atoms with Crippen LogP contribution in [0.25, 0.3) is 11.2 Å². The van der Waals surface area contributed by atoms with Crippen LogP contribution in [0, 0.1) is 0 Å². The first kappa shape index (κ1) is 15.0. The third kappa shape index (κ3) is 3.10. The maximum Gasteiger partial charge on any atom is 0.256 e. The summed E-state index contributed by atoms with van der Waals surface area (Å²) in [4.78, 5) is 25.2. The van der Waals surface area contributed by atoms with Crippen LogP contribution in [-0.2, 0) is 6.54 Å². The highest BCUT2D eigenvalue weighted by Crippen LogP contribution is 2.20. The van der Waals surface area contributed by atoms with Gasteiger partial charge in [-0.15, -0.1) is 0 Å². The van der Waals surface area contributed by atoms with E-state index in [1.54, 1.807) is 18.5 Å². The first-order valence-corrected chi connectivity index (χ1v) is 7.87. The van der Waals surface area contributed by atoms with Crippen molar-refractivity contribution in [1.29, 1.82) is 0 Å². The van der Waals surface area contributed by atoms with E-state index in [4.69, 9.17) is 0 Å². The summed E-state index contributed by atoms with van der Waals surface area (Å²) in [6.07, 6.45) is 3.12. The van der Waals surface area contributed by atoms with Gasteiger partial charge in [0.1, 0.15) is 11.8 Å². The maximum absolute atomic E-state index is 12.4. The molecule has 0 spiro atoms. The summed E-state index contributed by atoms with van der Waals surface area (Å²) in [5.74, 6) is 0.236. The highest BCUT2D eigenvalue weighted by atomic mass is 16.1. The minimum atomic E-state index is -0.215. The monoisotopic (exact) mass is 329 g/mol. The minimum absolute atomic E-state index is 0.215. The van der Waals surface area contributed by atoms with Crippen molar-refractivity contribution in [3.8, 4) is 0 Å². The Morgan fingerprint density at radius 1 is 0.920 bits per heavy atom. The van der Waals surface area contributed by atoms with Crippen molar-refractivity contribution in [2.45, 2.75) is 6.54 Å². The van der Waals surface area contributed by atoms with Crippen molar-refractivity contribution in [3.63, 3.8) is 0 Å². The van der Waals surface area contributed by atoms with Gasteiger partial charge in [-0.3, -0.25) is 4.79 Å². The lowest BCUT2D eigenvalue weighted by molar-refractivity contribution is 0.102. The molecule has 4 rings (SSSR count). The summed E-state index contributed by atoms with van der Waals surface area (Å²) in [6, 6.07) is 19.1. The van der Waals surface area contributed by atoms with Crippen LogP contribution < -0.4 is 5.32 Å². The van der Waals surface area contributed by atoms with E-state index in [-0.39, 0.29) is 5.91 Å². The summed E-state index contributed by atoms with van der Waals surface area (Å²) in [6.45, 7) is 0.624. The molecule has 1 amide bonds. The SMILES string of the molecule is O=C(Nc1ncnc2ncn(Cc3ccccc3)c12)c1ccccc1. The average Bonchev–Trinajstić information content (AvgIpc) is 3.07. The largest absolute Gasteiger partial charge is 0.322 e. The number of fused-ring (bicyclic) bond motifs is 1. The Hall–Kier alpha value is -3.54. The second kappa shape index (κ2) is 6.52.